The first-order chi connectivity index (χ1) is 16.5. The van der Waals surface area contributed by atoms with Gasteiger partial charge in [-0.3, -0.25) is 14.4 Å². The SMILES string of the molecule is CC(C)(CCOC(C)(C)C(=O)ON1C(=O)CCC1=O)OCCNC(=O)CCSSc1ccccn1. The Hall–Kier alpha value is -2.15. The second-order valence-corrected chi connectivity index (χ2v) is 11.3. The lowest BCUT2D eigenvalue weighted by Gasteiger charge is -2.29. The topological polar surface area (TPSA) is 124 Å². The fourth-order valence-corrected chi connectivity index (χ4v) is 4.64. The number of amides is 3. The molecule has 1 aliphatic rings. The lowest BCUT2D eigenvalue weighted by molar-refractivity contribution is -0.212. The first-order valence-corrected chi connectivity index (χ1v) is 13.7. The highest BCUT2D eigenvalue weighted by Gasteiger charge is 2.39. The second kappa shape index (κ2) is 13.8. The summed E-state index contributed by atoms with van der Waals surface area (Å²) in [6.07, 6.45) is 2.68. The normalized spacial score (nSPS) is 14.3. The van der Waals surface area contributed by atoms with Crippen LogP contribution in [0.5, 0.6) is 0 Å². The van der Waals surface area contributed by atoms with Gasteiger partial charge in [-0.2, -0.15) is 0 Å². The van der Waals surface area contributed by atoms with Crippen molar-refractivity contribution in [3.63, 3.8) is 0 Å². The molecule has 2 heterocycles. The molecule has 0 radical (unpaired) electrons. The average molecular weight is 528 g/mol. The van der Waals surface area contributed by atoms with Gasteiger partial charge in [0.05, 0.1) is 18.8 Å². The van der Waals surface area contributed by atoms with E-state index < -0.39 is 29.0 Å². The zero-order chi connectivity index (χ0) is 25.9. The summed E-state index contributed by atoms with van der Waals surface area (Å²) in [7, 11) is 3.12. The summed E-state index contributed by atoms with van der Waals surface area (Å²) in [6.45, 7) is 7.70. The van der Waals surface area contributed by atoms with Crippen LogP contribution >= 0.6 is 21.6 Å². The highest BCUT2D eigenvalue weighted by Crippen LogP contribution is 2.29. The molecule has 10 nitrogen and oxygen atoms in total. The summed E-state index contributed by atoms with van der Waals surface area (Å²) in [5, 5.41) is 4.25. The molecule has 0 aromatic carbocycles. The number of pyridine rings is 1. The average Bonchev–Trinajstić information content (AvgIpc) is 3.12. The molecule has 1 aliphatic heterocycles. The van der Waals surface area contributed by atoms with Gasteiger partial charge in [0.15, 0.2) is 5.60 Å². The Morgan fingerprint density at radius 1 is 1.09 bits per heavy atom. The lowest BCUT2D eigenvalue weighted by atomic mass is 10.1. The Balaban J connectivity index is 1.57. The quantitative estimate of drug-likeness (QED) is 0.207. The van der Waals surface area contributed by atoms with E-state index in [1.165, 1.54) is 13.8 Å². The van der Waals surface area contributed by atoms with Gasteiger partial charge in [-0.15, -0.1) is 5.06 Å². The largest absolute Gasteiger partial charge is 0.374 e. The number of hydroxylamine groups is 2. The Morgan fingerprint density at radius 3 is 2.46 bits per heavy atom. The molecule has 3 amide bonds. The first-order valence-electron chi connectivity index (χ1n) is 11.3. The van der Waals surface area contributed by atoms with E-state index in [9.17, 15) is 19.2 Å². The van der Waals surface area contributed by atoms with E-state index in [4.69, 9.17) is 14.3 Å². The van der Waals surface area contributed by atoms with Gasteiger partial charge in [-0.1, -0.05) is 16.9 Å². The van der Waals surface area contributed by atoms with E-state index in [0.29, 0.717) is 36.8 Å². The van der Waals surface area contributed by atoms with Gasteiger partial charge < -0.3 is 19.6 Å². The number of hydrogen-bond donors (Lipinski definition) is 1. The van der Waals surface area contributed by atoms with Gasteiger partial charge >= 0.3 is 5.97 Å². The number of aromatic nitrogens is 1. The van der Waals surface area contributed by atoms with E-state index in [2.05, 4.69) is 10.3 Å². The van der Waals surface area contributed by atoms with Crippen molar-refractivity contribution in [2.24, 2.45) is 0 Å². The number of carbonyl (C=O) groups is 4. The zero-order valence-electron chi connectivity index (χ0n) is 20.5. The van der Waals surface area contributed by atoms with Crippen LogP contribution in [0.3, 0.4) is 0 Å². The third-order valence-electron chi connectivity index (χ3n) is 4.95. The van der Waals surface area contributed by atoms with Crippen LogP contribution in [-0.2, 0) is 33.5 Å². The van der Waals surface area contributed by atoms with Crippen molar-refractivity contribution in [3.8, 4) is 0 Å². The van der Waals surface area contributed by atoms with E-state index in [0.717, 1.165) is 5.03 Å². The summed E-state index contributed by atoms with van der Waals surface area (Å²) < 4.78 is 11.5. The van der Waals surface area contributed by atoms with Crippen LogP contribution in [-0.4, -0.2) is 70.5 Å². The van der Waals surface area contributed by atoms with Crippen LogP contribution in [0.2, 0.25) is 0 Å². The van der Waals surface area contributed by atoms with E-state index in [1.807, 2.05) is 32.0 Å². The van der Waals surface area contributed by atoms with Gasteiger partial charge in [-0.25, -0.2) is 9.78 Å². The molecule has 0 bridgehead atoms. The lowest BCUT2D eigenvalue weighted by Crippen LogP contribution is -2.43. The minimum atomic E-state index is -1.35. The third-order valence-corrected chi connectivity index (χ3v) is 7.22. The fraction of sp³-hybridized carbons (Fsp3) is 0.609. The zero-order valence-corrected chi connectivity index (χ0v) is 22.2. The minimum absolute atomic E-state index is 0.0311. The summed E-state index contributed by atoms with van der Waals surface area (Å²) in [5.41, 5.74) is -1.90. The molecule has 0 spiro atoms. The van der Waals surface area contributed by atoms with E-state index in [1.54, 1.807) is 27.8 Å². The summed E-state index contributed by atoms with van der Waals surface area (Å²) in [4.78, 5) is 56.7. The second-order valence-electron chi connectivity index (χ2n) is 8.85. The molecule has 0 atom stereocenters. The number of ether oxygens (including phenoxy) is 2. The molecule has 0 unspecified atom stereocenters. The van der Waals surface area contributed by atoms with Crippen molar-refractivity contribution >= 4 is 45.3 Å². The number of nitrogens with zero attached hydrogens (tertiary/aromatic N) is 2. The van der Waals surface area contributed by atoms with E-state index >= 15 is 0 Å². The van der Waals surface area contributed by atoms with Crippen molar-refractivity contribution in [3.05, 3.63) is 24.4 Å². The summed E-state index contributed by atoms with van der Waals surface area (Å²) in [6, 6.07) is 5.71. The standard InChI is InChI=1S/C23H33N3O7S2/c1-22(2,11-14-32-23(3,4)21(30)33-26-19(28)8-9-20(26)29)31-15-13-24-17(27)10-16-34-35-18-7-5-6-12-25-18/h5-7,12H,8-11,13-16H2,1-4H3,(H,24,27). The summed E-state index contributed by atoms with van der Waals surface area (Å²) >= 11 is 0. The minimum Gasteiger partial charge on any atom is -0.374 e. The highest BCUT2D eigenvalue weighted by atomic mass is 33.1. The molecule has 1 fully saturated rings. The maximum absolute atomic E-state index is 12.3. The van der Waals surface area contributed by atoms with E-state index in [-0.39, 0.29) is 25.4 Å². The van der Waals surface area contributed by atoms with Gasteiger partial charge in [0, 0.05) is 37.8 Å². The molecule has 0 saturated carbocycles. The number of hydrogen-bond acceptors (Lipinski definition) is 10. The summed E-state index contributed by atoms with van der Waals surface area (Å²) in [5.74, 6) is -1.27. The molecule has 35 heavy (non-hydrogen) atoms. The molecule has 0 aliphatic carbocycles. The molecule has 1 aromatic heterocycles. The first kappa shape index (κ1) is 29.1. The maximum Gasteiger partial charge on any atom is 0.364 e. The van der Waals surface area contributed by atoms with Crippen LogP contribution in [0.25, 0.3) is 0 Å². The number of nitrogens with one attached hydrogen (secondary N) is 1. The molecular formula is C23H33N3O7S2. The van der Waals surface area contributed by atoms with Gasteiger partial charge in [0.2, 0.25) is 5.91 Å². The molecule has 1 saturated heterocycles. The Bertz CT molecular complexity index is 865. The maximum atomic E-state index is 12.3. The Labute approximate surface area is 213 Å². The molecule has 1 aromatic rings. The number of imide groups is 1. The fourth-order valence-electron chi connectivity index (χ4n) is 2.77. The van der Waals surface area contributed by atoms with Crippen molar-refractivity contribution in [1.29, 1.82) is 0 Å². The predicted molar refractivity (Wildman–Crippen MR) is 132 cm³/mol. The smallest absolute Gasteiger partial charge is 0.364 e. The Kier molecular flexibility index (Phi) is 11.5. The van der Waals surface area contributed by atoms with Crippen molar-refractivity contribution in [2.45, 2.75) is 69.6 Å². The van der Waals surface area contributed by atoms with Gasteiger partial charge in [0.1, 0.15) is 5.03 Å². The molecule has 194 valence electrons. The van der Waals surface area contributed by atoms with Crippen LogP contribution in [0, 0.1) is 0 Å². The molecular weight excluding hydrogens is 494 g/mol. The van der Waals surface area contributed by atoms with Crippen LogP contribution in [0.1, 0.15) is 53.4 Å². The molecule has 2 rings (SSSR count). The van der Waals surface area contributed by atoms with Crippen molar-refractivity contribution in [2.75, 3.05) is 25.5 Å². The van der Waals surface area contributed by atoms with Crippen LogP contribution < -0.4 is 5.32 Å². The monoisotopic (exact) mass is 527 g/mol. The van der Waals surface area contributed by atoms with Gasteiger partial charge in [-0.05, 0) is 57.0 Å². The van der Waals surface area contributed by atoms with Crippen LogP contribution in [0.15, 0.2) is 29.4 Å². The van der Waals surface area contributed by atoms with Crippen molar-refractivity contribution in [1.82, 2.24) is 15.4 Å². The molecule has 1 N–H and O–H groups in total. The van der Waals surface area contributed by atoms with Gasteiger partial charge in [0.25, 0.3) is 11.8 Å². The highest BCUT2D eigenvalue weighted by molar-refractivity contribution is 8.76. The number of rotatable bonds is 15. The van der Waals surface area contributed by atoms with Crippen LogP contribution in [0.4, 0.5) is 0 Å². The molecule has 12 heteroatoms. The predicted octanol–water partition coefficient (Wildman–Crippen LogP) is 2.92. The number of carbonyl (C=O) groups excluding carboxylic acids is 4. The Morgan fingerprint density at radius 2 is 1.80 bits per heavy atom. The van der Waals surface area contributed by atoms with Crippen molar-refractivity contribution < 1.29 is 33.5 Å². The third kappa shape index (κ3) is 10.6.